The lowest BCUT2D eigenvalue weighted by molar-refractivity contribution is -0.162. The van der Waals surface area contributed by atoms with Crippen molar-refractivity contribution >= 4 is 0 Å². The third kappa shape index (κ3) is 24.9. The van der Waals surface area contributed by atoms with Gasteiger partial charge in [0.2, 0.25) is 0 Å². The third-order valence-corrected chi connectivity index (χ3v) is 7.26. The molecule has 0 aromatic heterocycles. The molecule has 0 aromatic rings. The van der Waals surface area contributed by atoms with Crippen LogP contribution in [0.3, 0.4) is 0 Å². The van der Waals surface area contributed by atoms with Crippen LogP contribution in [0, 0.1) is 0 Å². The molecule has 0 radical (unpaired) electrons. The quantitative estimate of drug-likeness (QED) is 0.0886. The van der Waals surface area contributed by atoms with E-state index in [9.17, 15) is 0 Å². The highest BCUT2D eigenvalue weighted by Gasteiger charge is 2.13. The summed E-state index contributed by atoms with van der Waals surface area (Å²) in [6, 6.07) is 0. The first-order chi connectivity index (χ1) is 17.4. The van der Waals surface area contributed by atoms with Gasteiger partial charge < -0.3 is 9.47 Å². The maximum Gasteiger partial charge on any atom is 0.157 e. The number of rotatable bonds is 26. The molecule has 2 heteroatoms. The van der Waals surface area contributed by atoms with Crippen molar-refractivity contribution in [1.82, 2.24) is 0 Å². The molecule has 1 heterocycles. The van der Waals surface area contributed by atoms with E-state index in [0.29, 0.717) is 0 Å². The number of unbranched alkanes of at least 4 members (excludes halogenated alkanes) is 19. The summed E-state index contributed by atoms with van der Waals surface area (Å²) in [6.07, 6.45) is 43.4. The first-order valence-corrected chi connectivity index (χ1v) is 16.0. The van der Waals surface area contributed by atoms with Gasteiger partial charge in [-0.15, -0.1) is 0 Å². The number of hydrogen-bond acceptors (Lipinski definition) is 2. The van der Waals surface area contributed by atoms with Gasteiger partial charge in [-0.3, -0.25) is 0 Å². The van der Waals surface area contributed by atoms with Crippen LogP contribution >= 0.6 is 0 Å². The topological polar surface area (TPSA) is 18.5 Å². The maximum atomic E-state index is 5.78. The van der Waals surface area contributed by atoms with Crippen molar-refractivity contribution in [3.05, 3.63) is 24.3 Å². The number of hydrogen-bond donors (Lipinski definition) is 0. The molecule has 2 nitrogen and oxygen atoms in total. The minimum absolute atomic E-state index is 0.0743. The predicted octanol–water partition coefficient (Wildman–Crippen LogP) is 11.2. The molecule has 0 amide bonds. The molecule has 1 fully saturated rings. The molecule has 1 atom stereocenters. The van der Waals surface area contributed by atoms with Gasteiger partial charge in [-0.05, 0) is 64.2 Å². The zero-order chi connectivity index (χ0) is 24.9. The second-order valence-corrected chi connectivity index (χ2v) is 10.8. The van der Waals surface area contributed by atoms with Crippen molar-refractivity contribution in [2.24, 2.45) is 0 Å². The van der Waals surface area contributed by atoms with Crippen molar-refractivity contribution in [3.8, 4) is 0 Å². The van der Waals surface area contributed by atoms with E-state index in [2.05, 4.69) is 31.2 Å². The Morgan fingerprint density at radius 1 is 0.543 bits per heavy atom. The normalized spacial score (nSPS) is 16.7. The molecule has 0 aromatic carbocycles. The molecule has 0 saturated carbocycles. The van der Waals surface area contributed by atoms with Crippen LogP contribution in [-0.4, -0.2) is 19.5 Å². The Balaban J connectivity index is 1.69. The van der Waals surface area contributed by atoms with E-state index in [4.69, 9.17) is 9.47 Å². The summed E-state index contributed by atoms with van der Waals surface area (Å²) in [7, 11) is 0. The largest absolute Gasteiger partial charge is 0.353 e. The summed E-state index contributed by atoms with van der Waals surface area (Å²) in [6.45, 7) is 4.02. The molecular weight excluding hydrogens is 428 g/mol. The van der Waals surface area contributed by atoms with Crippen LogP contribution in [0.4, 0.5) is 0 Å². The van der Waals surface area contributed by atoms with E-state index in [1.165, 1.54) is 148 Å². The fraction of sp³-hybridized carbons (Fsp3) is 0.879. The molecular formula is C33H62O2. The Kier molecular flexibility index (Phi) is 25.9. The van der Waals surface area contributed by atoms with E-state index in [0.717, 1.165) is 26.1 Å². The van der Waals surface area contributed by atoms with Crippen molar-refractivity contribution in [2.75, 3.05) is 13.2 Å². The van der Waals surface area contributed by atoms with Crippen molar-refractivity contribution < 1.29 is 9.47 Å². The summed E-state index contributed by atoms with van der Waals surface area (Å²) in [5.41, 5.74) is 0. The minimum atomic E-state index is 0.0743. The second kappa shape index (κ2) is 28.0. The van der Waals surface area contributed by atoms with Crippen LogP contribution in [0.1, 0.15) is 167 Å². The Hall–Kier alpha value is -0.600. The van der Waals surface area contributed by atoms with Gasteiger partial charge in [0, 0.05) is 13.2 Å². The highest BCUT2D eigenvalue weighted by Crippen LogP contribution is 2.15. The maximum absolute atomic E-state index is 5.78. The SMILES string of the molecule is CCCCCCCCCCCCCCCCCC/C=C\CC/C=C\CCCCOC1CCCCO1. The van der Waals surface area contributed by atoms with Crippen molar-refractivity contribution in [3.63, 3.8) is 0 Å². The molecule has 35 heavy (non-hydrogen) atoms. The Labute approximate surface area is 220 Å². The standard InChI is InChI=1S/C33H62O2/c1-2-3-4-5-6-7-8-9-10-11-12-13-14-15-16-17-18-19-20-21-22-23-24-25-26-28-31-34-33-30-27-29-32-35-33/h19-20,23-24,33H,2-18,21-22,25-32H2,1H3/b20-19-,24-23-. The molecule has 206 valence electrons. The summed E-state index contributed by atoms with van der Waals surface area (Å²) in [4.78, 5) is 0. The molecule has 1 rings (SSSR count). The van der Waals surface area contributed by atoms with Gasteiger partial charge in [0.15, 0.2) is 6.29 Å². The summed E-state index contributed by atoms with van der Waals surface area (Å²) in [5, 5.41) is 0. The van der Waals surface area contributed by atoms with E-state index >= 15 is 0 Å². The van der Waals surface area contributed by atoms with Crippen LogP contribution in [0.25, 0.3) is 0 Å². The summed E-state index contributed by atoms with van der Waals surface area (Å²) in [5.74, 6) is 0. The van der Waals surface area contributed by atoms with Gasteiger partial charge in [-0.2, -0.15) is 0 Å². The molecule has 1 aliphatic rings. The lowest BCUT2D eigenvalue weighted by atomic mass is 10.0. The highest BCUT2D eigenvalue weighted by atomic mass is 16.7. The fourth-order valence-corrected chi connectivity index (χ4v) is 4.90. The van der Waals surface area contributed by atoms with Crippen LogP contribution in [0.5, 0.6) is 0 Å². The van der Waals surface area contributed by atoms with Gasteiger partial charge in [0.25, 0.3) is 0 Å². The van der Waals surface area contributed by atoms with E-state index in [1.54, 1.807) is 0 Å². The highest BCUT2D eigenvalue weighted by molar-refractivity contribution is 4.88. The van der Waals surface area contributed by atoms with Gasteiger partial charge in [-0.1, -0.05) is 128 Å². The lowest BCUT2D eigenvalue weighted by Crippen LogP contribution is -2.22. The Bertz CT molecular complexity index is 450. The van der Waals surface area contributed by atoms with Crippen molar-refractivity contribution in [2.45, 2.75) is 174 Å². The number of allylic oxidation sites excluding steroid dienone is 4. The van der Waals surface area contributed by atoms with E-state index in [-0.39, 0.29) is 6.29 Å². The van der Waals surface area contributed by atoms with Gasteiger partial charge in [0.1, 0.15) is 0 Å². The fourth-order valence-electron chi connectivity index (χ4n) is 4.90. The average Bonchev–Trinajstić information content (AvgIpc) is 2.89. The Morgan fingerprint density at radius 2 is 1.00 bits per heavy atom. The smallest absolute Gasteiger partial charge is 0.157 e. The van der Waals surface area contributed by atoms with Crippen LogP contribution in [0.2, 0.25) is 0 Å². The van der Waals surface area contributed by atoms with Crippen molar-refractivity contribution in [1.29, 1.82) is 0 Å². The van der Waals surface area contributed by atoms with Crippen LogP contribution in [-0.2, 0) is 9.47 Å². The lowest BCUT2D eigenvalue weighted by Gasteiger charge is -2.22. The molecule has 1 unspecified atom stereocenters. The predicted molar refractivity (Wildman–Crippen MR) is 155 cm³/mol. The van der Waals surface area contributed by atoms with Gasteiger partial charge in [0.05, 0.1) is 0 Å². The average molecular weight is 491 g/mol. The van der Waals surface area contributed by atoms with Gasteiger partial charge in [-0.25, -0.2) is 0 Å². The molecule has 0 aliphatic carbocycles. The van der Waals surface area contributed by atoms with E-state index in [1.807, 2.05) is 0 Å². The monoisotopic (exact) mass is 490 g/mol. The van der Waals surface area contributed by atoms with Crippen LogP contribution < -0.4 is 0 Å². The minimum Gasteiger partial charge on any atom is -0.353 e. The second-order valence-electron chi connectivity index (χ2n) is 10.8. The molecule has 1 saturated heterocycles. The molecule has 1 aliphatic heterocycles. The first kappa shape index (κ1) is 32.4. The summed E-state index contributed by atoms with van der Waals surface area (Å²) < 4.78 is 11.4. The molecule has 0 bridgehead atoms. The Morgan fingerprint density at radius 3 is 1.49 bits per heavy atom. The molecule has 0 N–H and O–H groups in total. The zero-order valence-corrected chi connectivity index (χ0v) is 23.8. The third-order valence-electron chi connectivity index (χ3n) is 7.26. The van der Waals surface area contributed by atoms with Crippen LogP contribution in [0.15, 0.2) is 24.3 Å². The van der Waals surface area contributed by atoms with Gasteiger partial charge >= 0.3 is 0 Å². The van der Waals surface area contributed by atoms with E-state index < -0.39 is 0 Å². The first-order valence-electron chi connectivity index (χ1n) is 16.0. The summed E-state index contributed by atoms with van der Waals surface area (Å²) >= 11 is 0. The zero-order valence-electron chi connectivity index (χ0n) is 23.8. The number of ether oxygens (including phenoxy) is 2. The molecule has 0 spiro atoms.